The van der Waals surface area contributed by atoms with Gasteiger partial charge in [-0.2, -0.15) is 41.8 Å². The molecule has 28 nitrogen and oxygen atoms in total. The van der Waals surface area contributed by atoms with Crippen LogP contribution in [0.4, 0.5) is 73.9 Å². The third-order valence-electron chi connectivity index (χ3n) is 13.0. The molecule has 0 saturated heterocycles. The number of anilines is 9. The van der Waals surface area contributed by atoms with Crippen LogP contribution in [0.2, 0.25) is 0 Å². The molecule has 0 fully saturated rings. The summed E-state index contributed by atoms with van der Waals surface area (Å²) in [4.78, 5) is 36.4. The number of aromatic nitrogens is 5. The zero-order valence-electron chi connectivity index (χ0n) is 48.4. The highest BCUT2D eigenvalue weighted by Gasteiger charge is 2.20. The van der Waals surface area contributed by atoms with E-state index in [0.29, 0.717) is 96.2 Å². The minimum atomic E-state index is -4.37. The van der Waals surface area contributed by atoms with Gasteiger partial charge in [0.05, 0.1) is 69.4 Å². The molecular weight excluding hydrogens is 1220 g/mol. The number of rotatable bonds is 31. The lowest BCUT2D eigenvalue weighted by atomic mass is 10.1. The second-order valence-electron chi connectivity index (χ2n) is 18.6. The van der Waals surface area contributed by atoms with Crippen molar-refractivity contribution >= 4 is 129 Å². The monoisotopic (exact) mass is 1280 g/mol. The third-order valence-corrected chi connectivity index (χ3v) is 16.5. The number of hydrogen-bond donors (Lipinski definition) is 8. The zero-order chi connectivity index (χ0) is 64.1. The molecule has 8 N–H and O–H groups in total. The molecule has 0 radical (unpaired) electrons. The van der Waals surface area contributed by atoms with Gasteiger partial charge in [0.15, 0.2) is 0 Å². The quantitative estimate of drug-likeness (QED) is 0.00866. The number of nitrogens with zero attached hydrogens (tertiary/aromatic N) is 16. The average Bonchev–Trinajstić information content (AvgIpc) is 3.13. The maximum absolute atomic E-state index is 11.6. The Bertz CT molecular complexity index is 3870. The van der Waals surface area contributed by atoms with Crippen LogP contribution in [-0.2, 0) is 33.1 Å². The molecule has 3 heterocycles. The van der Waals surface area contributed by atoms with E-state index < -0.39 is 20.2 Å². The summed E-state index contributed by atoms with van der Waals surface area (Å²) >= 11 is 2.14. The number of allylic oxidation sites excluding steroid dienone is 2. The normalized spacial score (nSPS) is 11.9. The van der Waals surface area contributed by atoms with Crippen molar-refractivity contribution in [3.63, 3.8) is 0 Å². The predicted molar refractivity (Wildman–Crippen MR) is 343 cm³/mol. The van der Waals surface area contributed by atoms with E-state index in [9.17, 15) is 46.7 Å². The Balaban J connectivity index is 1.25. The van der Waals surface area contributed by atoms with Crippen LogP contribution in [0, 0.1) is 35.8 Å². The fraction of sp³-hybridized carbons (Fsp3) is 0.281. The first-order valence-corrected chi connectivity index (χ1v) is 31.9. The van der Waals surface area contributed by atoms with E-state index in [2.05, 4.69) is 71.2 Å². The number of azo groups is 2. The first kappa shape index (κ1) is 66.7. The fourth-order valence-corrected chi connectivity index (χ4v) is 11.1. The van der Waals surface area contributed by atoms with Crippen LogP contribution in [0.1, 0.15) is 48.6 Å². The van der Waals surface area contributed by atoms with Gasteiger partial charge in [0.25, 0.3) is 31.6 Å². The maximum atomic E-state index is 11.6. The van der Waals surface area contributed by atoms with Gasteiger partial charge in [0.1, 0.15) is 23.0 Å². The van der Waals surface area contributed by atoms with E-state index in [4.69, 9.17) is 28.1 Å². The second-order valence-corrected chi connectivity index (χ2v) is 23.5. The number of benzene rings is 4. The molecule has 460 valence electrons. The van der Waals surface area contributed by atoms with E-state index in [-0.39, 0.29) is 75.6 Å². The lowest BCUT2D eigenvalue weighted by molar-refractivity contribution is 0.280. The Kier molecular flexibility index (Phi) is 23.7. The second kappa shape index (κ2) is 31.7. The average molecular weight is 1280 g/mol. The Labute approximate surface area is 522 Å². The molecule has 0 aliphatic carbocycles. The van der Waals surface area contributed by atoms with Crippen LogP contribution in [0.5, 0.6) is 0 Å². The highest BCUT2D eigenvalue weighted by molar-refractivity contribution is 7.86. The molecule has 7 aromatic rings. The number of aliphatic hydroxyl groups excluding tert-OH is 2. The standard InChI is InChI=1S/C57H60N20O8S4/c1-7-75(8-2)41-15-21-45(71-73-56-66-51(49(86-56)31-39(35-58)60-5)62-25-23-37-11-17-43(18-12-37)88(80,81)82)47(33-41)64-53-68-54(70-55(69-53)77(27-29-78)28-30-79)65-48-34-42(76(9-3)10-4)16-22-46(48)72-74-57-67-52(50(87-57)32-40(36-59)61-6)63-26-24-38-13-19-44(20-14-38)89(83,84)85/h11-22,31-34,62-63,78-79H,7-10,23-30H2,1-4H3,(H,80,81,82)(H,83,84,85)(H2,64,65,68,69,70)/b39-31-,40-32+,73-71?,74-72?. The fourth-order valence-electron chi connectivity index (χ4n) is 8.51. The van der Waals surface area contributed by atoms with Crippen LogP contribution in [0.15, 0.2) is 127 Å². The van der Waals surface area contributed by atoms with Gasteiger partial charge in [-0.25, -0.2) is 20.2 Å². The minimum absolute atomic E-state index is 0.00762. The van der Waals surface area contributed by atoms with Gasteiger partial charge in [-0.05, 0) is 124 Å². The topological polar surface area (TPSA) is 377 Å². The molecular formula is C57H60N20O8S4. The number of hydrogen-bond acceptors (Lipinski definition) is 26. The van der Waals surface area contributed by atoms with Crippen molar-refractivity contribution in [1.82, 2.24) is 24.9 Å². The lowest BCUT2D eigenvalue weighted by Crippen LogP contribution is -2.31. The van der Waals surface area contributed by atoms with E-state index in [1.165, 1.54) is 36.4 Å². The van der Waals surface area contributed by atoms with Gasteiger partial charge in [0, 0.05) is 63.7 Å². The molecule has 0 aliphatic rings. The SMILES string of the molecule is [C-]#[N+]/C(C#N)=C\c1sc(N=Nc2ccc(N(CC)CC)cc2Nc2nc(Nc3cc(N(CC)CC)ccc3N=Nc3nc(NCCc4ccc(S(=O)(=O)O)cc4)c(/C=C(\C#N)[N+]#[C-])s3)nc(N(CCO)CCO)n2)nc1NCCc1ccc(S(=O)(=O)O)cc1. The van der Waals surface area contributed by atoms with Gasteiger partial charge < -0.3 is 46.2 Å². The molecule has 32 heteroatoms. The number of nitrogens with one attached hydrogen (secondary N) is 4. The van der Waals surface area contributed by atoms with Crippen molar-refractivity contribution < 1.29 is 36.2 Å². The summed E-state index contributed by atoms with van der Waals surface area (Å²) in [6, 6.07) is 26.1. The van der Waals surface area contributed by atoms with Crippen LogP contribution >= 0.6 is 22.7 Å². The Morgan fingerprint density at radius 2 is 0.978 bits per heavy atom. The largest absolute Gasteiger partial charge is 0.395 e. The summed E-state index contributed by atoms with van der Waals surface area (Å²) in [5.74, 6) is 0.710. The zero-order valence-corrected chi connectivity index (χ0v) is 51.7. The van der Waals surface area contributed by atoms with Crippen LogP contribution < -0.4 is 36.0 Å². The molecule has 7 rings (SSSR count). The molecule has 3 aromatic heterocycles. The van der Waals surface area contributed by atoms with E-state index in [1.54, 1.807) is 41.3 Å². The lowest BCUT2D eigenvalue weighted by Gasteiger charge is -2.24. The molecule has 89 heavy (non-hydrogen) atoms. The molecule has 0 atom stereocenters. The van der Waals surface area contributed by atoms with Crippen molar-refractivity contribution in [2.45, 2.75) is 50.3 Å². The van der Waals surface area contributed by atoms with Crippen molar-refractivity contribution in [3.05, 3.63) is 140 Å². The minimum Gasteiger partial charge on any atom is -0.395 e. The molecule has 4 aromatic carbocycles. The highest BCUT2D eigenvalue weighted by Crippen LogP contribution is 2.39. The summed E-state index contributed by atoms with van der Waals surface area (Å²) in [5.41, 5.74) is 4.15. The number of thiazole rings is 2. The van der Waals surface area contributed by atoms with Crippen molar-refractivity contribution in [2.75, 3.05) is 102 Å². The molecule has 0 amide bonds. The van der Waals surface area contributed by atoms with Gasteiger partial charge in [0.2, 0.25) is 28.1 Å². The molecule has 0 aliphatic heterocycles. The van der Waals surface area contributed by atoms with Crippen molar-refractivity contribution in [2.24, 2.45) is 20.5 Å². The van der Waals surface area contributed by atoms with E-state index in [0.717, 1.165) is 45.2 Å². The van der Waals surface area contributed by atoms with Gasteiger partial charge >= 0.3 is 0 Å². The Morgan fingerprint density at radius 1 is 0.584 bits per heavy atom. The van der Waals surface area contributed by atoms with E-state index in [1.807, 2.05) is 64.1 Å². The molecule has 0 bridgehead atoms. The molecule has 0 spiro atoms. The maximum Gasteiger partial charge on any atom is 0.294 e. The van der Waals surface area contributed by atoms with Crippen LogP contribution in [-0.4, -0.2) is 127 Å². The predicted octanol–water partition coefficient (Wildman–Crippen LogP) is 11.0. The smallest absolute Gasteiger partial charge is 0.294 e. The Hall–Kier alpha value is -9.87. The first-order valence-electron chi connectivity index (χ1n) is 27.3. The Morgan fingerprint density at radius 3 is 1.31 bits per heavy atom. The highest BCUT2D eigenvalue weighted by atomic mass is 32.2. The summed E-state index contributed by atoms with van der Waals surface area (Å²) in [6.45, 7) is 25.7. The van der Waals surface area contributed by atoms with Crippen molar-refractivity contribution in [3.8, 4) is 12.1 Å². The number of nitriles is 2. The van der Waals surface area contributed by atoms with Crippen LogP contribution in [0.3, 0.4) is 0 Å². The van der Waals surface area contributed by atoms with E-state index >= 15 is 0 Å². The van der Waals surface area contributed by atoms with Crippen molar-refractivity contribution in [1.29, 1.82) is 10.5 Å². The first-order chi connectivity index (χ1) is 42.8. The van der Waals surface area contributed by atoms with Crippen LogP contribution in [0.25, 0.3) is 21.8 Å². The van der Waals surface area contributed by atoms with Gasteiger partial charge in [-0.15, -0.1) is 20.5 Å². The third kappa shape index (κ3) is 18.6. The summed E-state index contributed by atoms with van der Waals surface area (Å²) < 4.78 is 65.1. The summed E-state index contributed by atoms with van der Waals surface area (Å²) in [7, 11) is -8.74. The van der Waals surface area contributed by atoms with Gasteiger partial charge in [-0.3, -0.25) is 9.11 Å². The molecule has 0 unspecified atom stereocenters. The summed E-state index contributed by atoms with van der Waals surface area (Å²) in [6.07, 6.45) is 3.59. The molecule has 0 saturated carbocycles. The summed E-state index contributed by atoms with van der Waals surface area (Å²) in [5, 5.41) is 71.3. The van der Waals surface area contributed by atoms with Gasteiger partial charge in [-0.1, -0.05) is 46.9 Å². The number of aliphatic hydroxyl groups is 2.